The van der Waals surface area contributed by atoms with Crippen LogP contribution in [0.4, 0.5) is 0 Å². The van der Waals surface area contributed by atoms with Crippen molar-refractivity contribution in [2.24, 2.45) is 0 Å². The summed E-state index contributed by atoms with van der Waals surface area (Å²) < 4.78 is 36.1. The van der Waals surface area contributed by atoms with E-state index in [1.54, 1.807) is 0 Å². The largest absolute Gasteiger partial charge is 0.759 e. The summed E-state index contributed by atoms with van der Waals surface area (Å²) in [6.07, 6.45) is 8.04. The zero-order valence-corrected chi connectivity index (χ0v) is 23.3. The molecule has 2 rings (SSSR count). The zero-order valence-electron chi connectivity index (χ0n) is 22.5. The monoisotopic (exact) mass is 528 g/mol. The van der Waals surface area contributed by atoms with Gasteiger partial charge in [0, 0.05) is 21.5 Å². The SMILES string of the molecule is C=CC[N+](CC)(CC=C)Cc1ccccc1.C=CC[N+](CC)(CC=C)Cc1ccccc1.O=S(=O)([O-])[O-]. The third-order valence-corrected chi connectivity index (χ3v) is 6.13. The van der Waals surface area contributed by atoms with Gasteiger partial charge in [0.1, 0.15) is 13.1 Å². The molecule has 0 saturated carbocycles. The molecule has 0 unspecified atom stereocenters. The van der Waals surface area contributed by atoms with E-state index in [9.17, 15) is 0 Å². The van der Waals surface area contributed by atoms with Crippen LogP contribution in [0.3, 0.4) is 0 Å². The minimum Gasteiger partial charge on any atom is -0.759 e. The number of rotatable bonds is 14. The third-order valence-electron chi connectivity index (χ3n) is 6.13. The summed E-state index contributed by atoms with van der Waals surface area (Å²) in [6.45, 7) is 28.2. The molecule has 0 spiro atoms. The van der Waals surface area contributed by atoms with Crippen LogP contribution >= 0.6 is 0 Å². The van der Waals surface area contributed by atoms with Gasteiger partial charge in [-0.3, -0.25) is 8.42 Å². The van der Waals surface area contributed by atoms with E-state index in [0.717, 1.165) is 61.3 Å². The molecule has 0 aliphatic heterocycles. The van der Waals surface area contributed by atoms with E-state index in [1.165, 1.54) is 11.1 Å². The molecular formula is C30H44N2O4S. The van der Waals surface area contributed by atoms with E-state index < -0.39 is 10.4 Å². The van der Waals surface area contributed by atoms with Gasteiger partial charge >= 0.3 is 0 Å². The minimum absolute atomic E-state index is 0.997. The van der Waals surface area contributed by atoms with Gasteiger partial charge in [-0.2, -0.15) is 0 Å². The van der Waals surface area contributed by atoms with E-state index in [4.69, 9.17) is 17.5 Å². The Morgan fingerprint density at radius 3 is 1.05 bits per heavy atom. The molecular weight excluding hydrogens is 484 g/mol. The second-order valence-electron chi connectivity index (χ2n) is 8.90. The lowest BCUT2D eigenvalue weighted by atomic mass is 10.1. The quantitative estimate of drug-likeness (QED) is 0.141. The van der Waals surface area contributed by atoms with Crippen molar-refractivity contribution in [3.63, 3.8) is 0 Å². The second-order valence-corrected chi connectivity index (χ2v) is 9.71. The van der Waals surface area contributed by atoms with Crippen LogP contribution in [0, 0.1) is 0 Å². The highest BCUT2D eigenvalue weighted by Crippen LogP contribution is 2.16. The van der Waals surface area contributed by atoms with Gasteiger partial charge in [0.05, 0.1) is 39.3 Å². The predicted molar refractivity (Wildman–Crippen MR) is 153 cm³/mol. The molecule has 7 heteroatoms. The Balaban J connectivity index is 0.000000594. The molecule has 0 fully saturated rings. The smallest absolute Gasteiger partial charge is 0.105 e. The molecule has 2 aromatic rings. The van der Waals surface area contributed by atoms with E-state index >= 15 is 0 Å². The lowest BCUT2D eigenvalue weighted by Crippen LogP contribution is -2.47. The summed E-state index contributed by atoms with van der Waals surface area (Å²) in [6, 6.07) is 21.3. The Bertz CT molecular complexity index is 925. The molecule has 37 heavy (non-hydrogen) atoms. The van der Waals surface area contributed by atoms with Gasteiger partial charge in [0.15, 0.2) is 0 Å². The van der Waals surface area contributed by atoms with Gasteiger partial charge in [0.2, 0.25) is 0 Å². The van der Waals surface area contributed by atoms with Crippen LogP contribution in [-0.2, 0) is 23.5 Å². The molecule has 0 amide bonds. The molecule has 204 valence electrons. The second kappa shape index (κ2) is 18.4. The zero-order chi connectivity index (χ0) is 28.2. The molecule has 0 aromatic heterocycles. The van der Waals surface area contributed by atoms with Crippen LogP contribution in [0.5, 0.6) is 0 Å². The molecule has 0 saturated heterocycles. The first-order chi connectivity index (χ1) is 17.5. The average molecular weight is 529 g/mol. The van der Waals surface area contributed by atoms with Crippen LogP contribution in [0.25, 0.3) is 0 Å². The molecule has 0 radical (unpaired) electrons. The van der Waals surface area contributed by atoms with Crippen molar-refractivity contribution in [1.82, 2.24) is 0 Å². The number of hydrogen-bond acceptors (Lipinski definition) is 4. The van der Waals surface area contributed by atoms with Gasteiger partial charge in [0.25, 0.3) is 0 Å². The van der Waals surface area contributed by atoms with Crippen molar-refractivity contribution >= 4 is 10.4 Å². The molecule has 0 atom stereocenters. The van der Waals surface area contributed by atoms with Crippen molar-refractivity contribution in [3.05, 3.63) is 122 Å². The summed E-state index contributed by atoms with van der Waals surface area (Å²) in [7, 11) is -5.17. The summed E-state index contributed by atoms with van der Waals surface area (Å²) in [5.41, 5.74) is 2.76. The standard InChI is InChI=1S/2C15H22N.H2O4S/c2*1-4-12-16(6-3,13-5-2)14-15-10-8-7-9-11-15;1-5(2,3)4/h2*4-5,7-11H,1-2,6,12-14H2,3H3;(H2,1,2,3,4)/q2*+1;/p-2. The first-order valence-electron chi connectivity index (χ1n) is 12.4. The number of hydrogen-bond donors (Lipinski definition) is 0. The number of likely N-dealkylation sites (N-methyl/N-ethyl adjacent to an activating group) is 2. The number of benzene rings is 2. The maximum Gasteiger partial charge on any atom is 0.105 e. The van der Waals surface area contributed by atoms with Crippen LogP contribution in [-0.4, -0.2) is 65.8 Å². The number of quaternary nitrogens is 2. The average Bonchev–Trinajstić information content (AvgIpc) is 2.85. The molecule has 6 nitrogen and oxygen atoms in total. The van der Waals surface area contributed by atoms with E-state index in [1.807, 2.05) is 24.3 Å². The van der Waals surface area contributed by atoms with Gasteiger partial charge in [-0.05, 0) is 38.2 Å². The fourth-order valence-electron chi connectivity index (χ4n) is 4.18. The van der Waals surface area contributed by atoms with Crippen LogP contribution < -0.4 is 0 Å². The highest BCUT2D eigenvalue weighted by atomic mass is 32.3. The first-order valence-corrected chi connectivity index (χ1v) is 13.7. The lowest BCUT2D eigenvalue weighted by molar-refractivity contribution is -0.928. The van der Waals surface area contributed by atoms with Gasteiger partial charge < -0.3 is 18.1 Å². The van der Waals surface area contributed by atoms with Crippen molar-refractivity contribution < 1.29 is 26.5 Å². The van der Waals surface area contributed by atoms with Crippen molar-refractivity contribution in [2.45, 2.75) is 26.9 Å². The fraction of sp³-hybridized carbons (Fsp3) is 0.333. The first kappa shape index (κ1) is 34.2. The lowest BCUT2D eigenvalue weighted by Gasteiger charge is -2.36. The van der Waals surface area contributed by atoms with Crippen molar-refractivity contribution in [2.75, 3.05) is 39.3 Å². The Morgan fingerprint density at radius 1 is 0.622 bits per heavy atom. The maximum atomic E-state index is 8.52. The highest BCUT2D eigenvalue weighted by molar-refractivity contribution is 7.79. The van der Waals surface area contributed by atoms with Crippen LogP contribution in [0.1, 0.15) is 25.0 Å². The molecule has 0 bridgehead atoms. The van der Waals surface area contributed by atoms with Gasteiger partial charge in [-0.1, -0.05) is 87.0 Å². The Labute approximate surface area is 225 Å². The fourth-order valence-corrected chi connectivity index (χ4v) is 4.18. The molecule has 0 aliphatic rings. The summed E-state index contributed by atoms with van der Waals surface area (Å²) in [5, 5.41) is 0. The van der Waals surface area contributed by atoms with Crippen LogP contribution in [0.2, 0.25) is 0 Å². The molecule has 2 aromatic carbocycles. The van der Waals surface area contributed by atoms with E-state index in [-0.39, 0.29) is 0 Å². The van der Waals surface area contributed by atoms with Crippen molar-refractivity contribution in [3.8, 4) is 0 Å². The Morgan fingerprint density at radius 2 is 0.865 bits per heavy atom. The predicted octanol–water partition coefficient (Wildman–Crippen LogP) is 5.45. The summed E-state index contributed by atoms with van der Waals surface area (Å²) in [5.74, 6) is 0. The highest BCUT2D eigenvalue weighted by Gasteiger charge is 2.23. The van der Waals surface area contributed by atoms with E-state index in [0.29, 0.717) is 0 Å². The van der Waals surface area contributed by atoms with Gasteiger partial charge in [-0.15, -0.1) is 0 Å². The van der Waals surface area contributed by atoms with E-state index in [2.05, 4.69) is 101 Å². The van der Waals surface area contributed by atoms with Crippen LogP contribution in [0.15, 0.2) is 111 Å². The topological polar surface area (TPSA) is 80.3 Å². The molecule has 0 N–H and O–H groups in total. The normalized spacial score (nSPS) is 11.1. The molecule has 0 aliphatic carbocycles. The number of nitrogens with zero attached hydrogens (tertiary/aromatic N) is 2. The Hall–Kier alpha value is -2.81. The van der Waals surface area contributed by atoms with Crippen molar-refractivity contribution in [1.29, 1.82) is 0 Å². The summed E-state index contributed by atoms with van der Waals surface area (Å²) >= 11 is 0. The maximum absolute atomic E-state index is 8.52. The van der Waals surface area contributed by atoms with Gasteiger partial charge in [-0.25, -0.2) is 0 Å². The Kier molecular flexibility index (Phi) is 17.0. The molecule has 0 heterocycles. The summed E-state index contributed by atoms with van der Waals surface area (Å²) in [4.78, 5) is 0. The minimum atomic E-state index is -5.17. The third kappa shape index (κ3) is 15.8.